The Morgan fingerprint density at radius 3 is 1.79 bits per heavy atom. The summed E-state index contributed by atoms with van der Waals surface area (Å²) in [6.07, 6.45) is 6.36. The standard InChI is InChI=1S/C16H14O2.C11H23NS.C2H6.CH4/c1-11(17)18-10-16-14-8-4-2-6-12(14)13-7-3-5-9-15(13)16;1-4-6-10(7-5-2)8-9(3)11(12)13;1-2;/h2-9,16H,10H2,1H3;9-10H,4-8H2,1-3H3,(H2,12,13);1-2H3;1H4. The Balaban J connectivity index is 0.000000611. The Hall–Kier alpha value is -2.20. The van der Waals surface area contributed by atoms with Crippen LogP contribution in [-0.2, 0) is 9.53 Å². The zero-order chi connectivity index (χ0) is 24.8. The van der Waals surface area contributed by atoms with Gasteiger partial charge in [-0.15, -0.1) is 0 Å². The van der Waals surface area contributed by atoms with Crippen LogP contribution in [0.4, 0.5) is 0 Å². The van der Waals surface area contributed by atoms with Crippen molar-refractivity contribution >= 4 is 23.2 Å². The van der Waals surface area contributed by atoms with E-state index in [0.29, 0.717) is 17.5 Å². The highest BCUT2D eigenvalue weighted by Gasteiger charge is 2.28. The molecule has 3 rings (SSSR count). The molecule has 190 valence electrons. The van der Waals surface area contributed by atoms with Gasteiger partial charge in [0.2, 0.25) is 0 Å². The zero-order valence-electron chi connectivity index (χ0n) is 21.4. The molecule has 0 bridgehead atoms. The molecule has 0 fully saturated rings. The summed E-state index contributed by atoms with van der Waals surface area (Å²) < 4.78 is 5.20. The van der Waals surface area contributed by atoms with Crippen LogP contribution in [0.2, 0.25) is 0 Å². The van der Waals surface area contributed by atoms with E-state index in [9.17, 15) is 4.79 Å². The highest BCUT2D eigenvalue weighted by atomic mass is 32.1. The smallest absolute Gasteiger partial charge is 0.302 e. The molecule has 0 saturated carbocycles. The highest BCUT2D eigenvalue weighted by molar-refractivity contribution is 7.80. The molecule has 2 aromatic rings. The molecule has 1 unspecified atom stereocenters. The van der Waals surface area contributed by atoms with E-state index in [-0.39, 0.29) is 19.3 Å². The zero-order valence-corrected chi connectivity index (χ0v) is 22.2. The van der Waals surface area contributed by atoms with Crippen molar-refractivity contribution in [3.63, 3.8) is 0 Å². The van der Waals surface area contributed by atoms with Crippen molar-refractivity contribution in [1.29, 1.82) is 0 Å². The fourth-order valence-corrected chi connectivity index (χ4v) is 4.55. The molecule has 0 heterocycles. The first-order valence-electron chi connectivity index (χ1n) is 12.5. The van der Waals surface area contributed by atoms with E-state index < -0.39 is 0 Å². The van der Waals surface area contributed by atoms with Crippen molar-refractivity contribution in [2.24, 2.45) is 17.6 Å². The van der Waals surface area contributed by atoms with Crippen LogP contribution < -0.4 is 5.73 Å². The number of carbonyl (C=O) groups is 1. The number of rotatable bonds is 9. The number of nitrogens with two attached hydrogens (primary N) is 1. The van der Waals surface area contributed by atoms with Crippen LogP contribution >= 0.6 is 12.2 Å². The SMILES string of the molecule is C.CC.CC(=O)OCC1c2ccccc2-c2ccccc21.CCCC(CCC)CC(C)C(N)=S. The largest absolute Gasteiger partial charge is 0.465 e. The fourth-order valence-electron chi connectivity index (χ4n) is 4.45. The van der Waals surface area contributed by atoms with Gasteiger partial charge >= 0.3 is 5.97 Å². The van der Waals surface area contributed by atoms with E-state index in [2.05, 4.69) is 45.0 Å². The van der Waals surface area contributed by atoms with E-state index in [1.807, 2.05) is 38.1 Å². The van der Waals surface area contributed by atoms with Crippen LogP contribution in [0.5, 0.6) is 0 Å². The third kappa shape index (κ3) is 9.58. The molecule has 1 aliphatic carbocycles. The van der Waals surface area contributed by atoms with Crippen molar-refractivity contribution in [2.45, 2.75) is 87.0 Å². The predicted octanol–water partition coefficient (Wildman–Crippen LogP) is 8.54. The van der Waals surface area contributed by atoms with E-state index in [0.717, 1.165) is 5.92 Å². The molecular weight excluding hydrogens is 438 g/mol. The molecule has 34 heavy (non-hydrogen) atoms. The number of thiocarbonyl (C=S) groups is 1. The lowest BCUT2D eigenvalue weighted by atomic mass is 9.89. The lowest BCUT2D eigenvalue weighted by Gasteiger charge is -2.19. The quantitative estimate of drug-likeness (QED) is 0.285. The third-order valence-electron chi connectivity index (χ3n) is 5.98. The number of carbonyl (C=O) groups excluding carboxylic acids is 1. The first-order valence-corrected chi connectivity index (χ1v) is 12.9. The van der Waals surface area contributed by atoms with Gasteiger partial charge in [-0.3, -0.25) is 4.79 Å². The van der Waals surface area contributed by atoms with Crippen LogP contribution in [-0.4, -0.2) is 17.6 Å². The third-order valence-corrected chi connectivity index (χ3v) is 6.38. The predicted molar refractivity (Wildman–Crippen MR) is 152 cm³/mol. The van der Waals surface area contributed by atoms with Gasteiger partial charge in [-0.05, 0) is 34.6 Å². The molecule has 1 aliphatic rings. The van der Waals surface area contributed by atoms with Gasteiger partial charge in [0.25, 0.3) is 0 Å². The van der Waals surface area contributed by atoms with E-state index in [1.165, 1.54) is 61.3 Å². The number of esters is 1. The van der Waals surface area contributed by atoms with Crippen molar-refractivity contribution in [2.75, 3.05) is 6.61 Å². The van der Waals surface area contributed by atoms with Gasteiger partial charge in [-0.2, -0.15) is 0 Å². The van der Waals surface area contributed by atoms with Gasteiger partial charge in [-0.25, -0.2) is 0 Å². The summed E-state index contributed by atoms with van der Waals surface area (Å²) in [5.74, 6) is 1.18. The molecule has 0 spiro atoms. The Morgan fingerprint density at radius 2 is 1.41 bits per heavy atom. The molecule has 0 radical (unpaired) electrons. The van der Waals surface area contributed by atoms with Crippen molar-refractivity contribution in [1.82, 2.24) is 0 Å². The molecule has 0 amide bonds. The summed E-state index contributed by atoms with van der Waals surface area (Å²) in [6, 6.07) is 16.6. The first-order chi connectivity index (χ1) is 15.9. The van der Waals surface area contributed by atoms with Crippen LogP contribution in [0.3, 0.4) is 0 Å². The van der Waals surface area contributed by atoms with E-state index in [4.69, 9.17) is 22.7 Å². The summed E-state index contributed by atoms with van der Waals surface area (Å²) in [5, 5.41) is 0. The van der Waals surface area contributed by atoms with Gasteiger partial charge in [0.15, 0.2) is 0 Å². The molecule has 3 nitrogen and oxygen atoms in total. The molecule has 4 heteroatoms. The summed E-state index contributed by atoms with van der Waals surface area (Å²) >= 11 is 4.98. The molecule has 0 saturated heterocycles. The Bertz CT molecular complexity index is 813. The molecule has 2 aromatic carbocycles. The minimum absolute atomic E-state index is 0. The maximum absolute atomic E-state index is 11.0. The van der Waals surface area contributed by atoms with Gasteiger partial charge < -0.3 is 10.5 Å². The second-order valence-electron chi connectivity index (χ2n) is 8.51. The number of benzene rings is 2. The maximum Gasteiger partial charge on any atom is 0.302 e. The maximum atomic E-state index is 11.0. The summed E-state index contributed by atoms with van der Waals surface area (Å²) in [6.45, 7) is 12.5. The van der Waals surface area contributed by atoms with Crippen molar-refractivity contribution in [3.05, 3.63) is 59.7 Å². The number of fused-ring (bicyclic) bond motifs is 3. The van der Waals surface area contributed by atoms with E-state index >= 15 is 0 Å². The Labute approximate surface area is 214 Å². The normalized spacial score (nSPS) is 12.1. The van der Waals surface area contributed by atoms with Crippen LogP contribution in [0.1, 0.15) is 98.1 Å². The number of ether oxygens (including phenoxy) is 1. The summed E-state index contributed by atoms with van der Waals surface area (Å²) in [5.41, 5.74) is 10.6. The fraction of sp³-hybridized carbons (Fsp3) is 0.533. The van der Waals surface area contributed by atoms with Crippen molar-refractivity contribution in [3.8, 4) is 11.1 Å². The van der Waals surface area contributed by atoms with Crippen molar-refractivity contribution < 1.29 is 9.53 Å². The molecule has 0 aliphatic heterocycles. The van der Waals surface area contributed by atoms with Gasteiger partial charge in [-0.1, -0.05) is 128 Å². The minimum atomic E-state index is -0.225. The summed E-state index contributed by atoms with van der Waals surface area (Å²) in [4.78, 5) is 11.7. The Kier molecular flexibility index (Phi) is 16.1. The minimum Gasteiger partial charge on any atom is -0.465 e. The average molecular weight is 486 g/mol. The van der Waals surface area contributed by atoms with Crippen LogP contribution in [0, 0.1) is 11.8 Å². The molecule has 1 atom stereocenters. The first kappa shape index (κ1) is 31.8. The monoisotopic (exact) mass is 485 g/mol. The van der Waals surface area contributed by atoms with Gasteiger partial charge in [0.1, 0.15) is 6.61 Å². The van der Waals surface area contributed by atoms with Gasteiger partial charge in [0, 0.05) is 18.8 Å². The van der Waals surface area contributed by atoms with Crippen LogP contribution in [0.25, 0.3) is 11.1 Å². The topological polar surface area (TPSA) is 52.3 Å². The number of hydrogen-bond donors (Lipinski definition) is 1. The van der Waals surface area contributed by atoms with Crippen LogP contribution in [0.15, 0.2) is 48.5 Å². The highest BCUT2D eigenvalue weighted by Crippen LogP contribution is 2.44. The number of hydrogen-bond acceptors (Lipinski definition) is 3. The summed E-state index contributed by atoms with van der Waals surface area (Å²) in [7, 11) is 0. The lowest BCUT2D eigenvalue weighted by Crippen LogP contribution is -2.21. The second-order valence-corrected chi connectivity index (χ2v) is 8.98. The average Bonchev–Trinajstić information content (AvgIpc) is 3.13. The molecule has 2 N–H and O–H groups in total. The van der Waals surface area contributed by atoms with E-state index in [1.54, 1.807) is 0 Å². The Morgan fingerprint density at radius 1 is 0.971 bits per heavy atom. The second kappa shape index (κ2) is 17.3. The van der Waals surface area contributed by atoms with Gasteiger partial charge in [0.05, 0.1) is 4.99 Å². The molecular formula is C30H47NO2S. The lowest BCUT2D eigenvalue weighted by molar-refractivity contribution is -0.141. The molecule has 0 aromatic heterocycles.